The molecular weight excluding hydrogens is 407 g/mol. The molecule has 0 amide bonds. The second-order valence-corrected chi connectivity index (χ2v) is 8.20. The number of methoxy groups -OCH3 is 1. The van der Waals surface area contributed by atoms with Gasteiger partial charge in [0.25, 0.3) is 0 Å². The zero-order valence-corrected chi connectivity index (χ0v) is 18.4. The number of aromatic amines is 1. The monoisotopic (exact) mass is 434 g/mol. The number of aryl methyl sites for hydroxylation is 2. The summed E-state index contributed by atoms with van der Waals surface area (Å²) in [7, 11) is 2.65. The zero-order chi connectivity index (χ0) is 19.6. The largest absolute Gasteiger partial charge is 0.382 e. The van der Waals surface area contributed by atoms with E-state index in [-0.39, 0.29) is 18.4 Å². The Morgan fingerprint density at radius 2 is 2.04 bits per heavy atom. The molecule has 2 rings (SSSR count). The first-order chi connectivity index (χ1) is 13.1. The van der Waals surface area contributed by atoms with Gasteiger partial charge in [-0.3, -0.25) is 10.1 Å². The summed E-state index contributed by atoms with van der Waals surface area (Å²) in [5, 5.41) is 7.08. The van der Waals surface area contributed by atoms with Gasteiger partial charge in [-0.15, -0.1) is 3.89 Å². The molecule has 0 aliphatic heterocycles. The Balaban J connectivity index is 2.25. The maximum Gasteiger partial charge on any atom is 0.178 e. The van der Waals surface area contributed by atoms with Crippen LogP contribution in [0.4, 0.5) is 9.70 Å². The number of hydrogen-bond donors (Lipinski definition) is 2. The van der Waals surface area contributed by atoms with Gasteiger partial charge in [-0.2, -0.15) is 5.10 Å². The third-order valence-electron chi connectivity index (χ3n) is 4.66. The summed E-state index contributed by atoms with van der Waals surface area (Å²) in [6.45, 7) is 5.17. The summed E-state index contributed by atoms with van der Waals surface area (Å²) >= 11 is 4.19. The Kier molecular flexibility index (Phi) is 10.1. The fraction of sp³-hybridized carbons (Fsp3) is 0.647. The number of hydrogen-bond acceptors (Lipinski definition) is 8. The van der Waals surface area contributed by atoms with Gasteiger partial charge < -0.3 is 9.47 Å². The van der Waals surface area contributed by atoms with E-state index in [1.165, 1.54) is 3.71 Å². The van der Waals surface area contributed by atoms with Crippen LogP contribution in [0.2, 0.25) is 0 Å². The highest BCUT2D eigenvalue weighted by Crippen LogP contribution is 2.36. The first-order valence-corrected chi connectivity index (χ1v) is 11.4. The lowest BCUT2D eigenvalue weighted by molar-refractivity contribution is -0.00297. The maximum absolute atomic E-state index is 13.3. The van der Waals surface area contributed by atoms with Crippen LogP contribution in [0.3, 0.4) is 0 Å². The van der Waals surface area contributed by atoms with Gasteiger partial charge in [0.05, 0.1) is 25.5 Å². The molecule has 1 aromatic rings. The number of thiol groups is 1. The van der Waals surface area contributed by atoms with Crippen LogP contribution < -0.4 is 3.71 Å². The molecule has 27 heavy (non-hydrogen) atoms. The van der Waals surface area contributed by atoms with Crippen molar-refractivity contribution in [3.8, 4) is 0 Å². The van der Waals surface area contributed by atoms with Crippen LogP contribution in [0.1, 0.15) is 48.6 Å². The van der Waals surface area contributed by atoms with Crippen molar-refractivity contribution < 1.29 is 13.4 Å². The smallest absolute Gasteiger partial charge is 0.178 e. The van der Waals surface area contributed by atoms with Gasteiger partial charge in [0.2, 0.25) is 0 Å². The van der Waals surface area contributed by atoms with Gasteiger partial charge in [-0.25, -0.2) is 3.71 Å². The molecule has 1 aromatic heterocycles. The Hall–Kier alpha value is -0.680. The van der Waals surface area contributed by atoms with Crippen molar-refractivity contribution in [1.82, 2.24) is 15.2 Å². The van der Waals surface area contributed by atoms with Crippen molar-refractivity contribution in [2.45, 2.75) is 51.6 Å². The molecule has 1 fully saturated rings. The summed E-state index contributed by atoms with van der Waals surface area (Å²) in [5.41, 5.74) is 2.80. The number of nitrogens with one attached hydrogen (secondary N) is 1. The lowest BCUT2D eigenvalue weighted by atomic mass is 9.85. The van der Waals surface area contributed by atoms with Crippen molar-refractivity contribution >= 4 is 40.8 Å². The average Bonchev–Trinajstić information content (AvgIpc) is 2.74. The molecule has 6 nitrogen and oxygen atoms in total. The number of nitrogens with zero attached hydrogens (tertiary/aromatic N) is 3. The predicted octanol–water partition coefficient (Wildman–Crippen LogP) is 5.07. The van der Waals surface area contributed by atoms with E-state index in [0.717, 1.165) is 53.6 Å². The Morgan fingerprint density at radius 3 is 2.67 bits per heavy atom. The van der Waals surface area contributed by atoms with Crippen LogP contribution in [-0.4, -0.2) is 41.6 Å². The van der Waals surface area contributed by atoms with Crippen LogP contribution in [0.15, 0.2) is 12.3 Å². The van der Waals surface area contributed by atoms with E-state index < -0.39 is 0 Å². The number of halogens is 1. The van der Waals surface area contributed by atoms with Gasteiger partial charge in [-0.05, 0) is 45.1 Å². The fourth-order valence-electron chi connectivity index (χ4n) is 2.99. The molecule has 0 spiro atoms. The Morgan fingerprint density at radius 1 is 1.30 bits per heavy atom. The van der Waals surface area contributed by atoms with Gasteiger partial charge >= 0.3 is 0 Å². The third kappa shape index (κ3) is 7.01. The van der Waals surface area contributed by atoms with E-state index in [9.17, 15) is 3.89 Å². The third-order valence-corrected chi connectivity index (χ3v) is 6.54. The normalized spacial score (nSPS) is 19.6. The van der Waals surface area contributed by atoms with Crippen LogP contribution in [0, 0.1) is 13.8 Å². The second-order valence-electron chi connectivity index (χ2n) is 6.45. The van der Waals surface area contributed by atoms with Crippen molar-refractivity contribution in [2.75, 3.05) is 24.0 Å². The lowest BCUT2D eigenvalue weighted by Gasteiger charge is -2.28. The number of H-pyrrole nitrogens is 1. The van der Waals surface area contributed by atoms with E-state index in [4.69, 9.17) is 14.5 Å². The summed E-state index contributed by atoms with van der Waals surface area (Å²) in [4.78, 5) is 4.84. The molecule has 0 saturated heterocycles. The van der Waals surface area contributed by atoms with Crippen molar-refractivity contribution in [2.24, 2.45) is 0 Å². The average molecular weight is 435 g/mol. The zero-order valence-electron chi connectivity index (χ0n) is 15.9. The standard InChI is InChI=1S/C17H27FN4O2S3/c1-12-11-19-21-17(22(26-18)27-25)10-16(20-13(12)2)14-4-6-15(7-5-14)24-9-8-23-3/h10-11,14-15,21,25H,4-9H2,1-3H3. The Labute approximate surface area is 174 Å². The van der Waals surface area contributed by atoms with Crippen LogP contribution in [0.25, 0.3) is 0 Å². The minimum atomic E-state index is 0.0760. The molecule has 1 saturated carbocycles. The predicted molar refractivity (Wildman–Crippen MR) is 114 cm³/mol. The molecule has 0 unspecified atom stereocenters. The van der Waals surface area contributed by atoms with E-state index >= 15 is 0 Å². The number of aromatic nitrogens is 3. The maximum atomic E-state index is 13.3. The molecule has 1 aliphatic carbocycles. The van der Waals surface area contributed by atoms with Crippen LogP contribution in [-0.2, 0) is 9.47 Å². The van der Waals surface area contributed by atoms with Crippen molar-refractivity contribution in [3.05, 3.63) is 29.2 Å². The van der Waals surface area contributed by atoms with Gasteiger partial charge in [0.1, 0.15) is 5.82 Å². The topological polar surface area (TPSA) is 63.3 Å². The summed E-state index contributed by atoms with van der Waals surface area (Å²) in [6, 6.07) is 1.87. The molecule has 0 radical (unpaired) electrons. The van der Waals surface area contributed by atoms with E-state index in [0.29, 0.717) is 24.9 Å². The highest BCUT2D eigenvalue weighted by molar-refractivity contribution is 8.71. The quantitative estimate of drug-likeness (QED) is 0.256. The highest BCUT2D eigenvalue weighted by atomic mass is 33.1. The number of ether oxygens (including phenoxy) is 2. The molecule has 0 bridgehead atoms. The molecule has 1 aliphatic rings. The van der Waals surface area contributed by atoms with Gasteiger partial charge in [-0.1, -0.05) is 11.7 Å². The van der Waals surface area contributed by atoms with Crippen LogP contribution in [0.5, 0.6) is 0 Å². The summed E-state index contributed by atoms with van der Waals surface area (Å²) in [5.74, 6) is 0.791. The molecule has 10 heteroatoms. The molecule has 1 heterocycles. The van der Waals surface area contributed by atoms with Crippen molar-refractivity contribution in [1.29, 1.82) is 0 Å². The second kappa shape index (κ2) is 12.0. The minimum Gasteiger partial charge on any atom is -0.382 e. The lowest BCUT2D eigenvalue weighted by Crippen LogP contribution is -2.22. The fourth-order valence-corrected chi connectivity index (χ4v) is 3.94. The number of rotatable bonds is 8. The first kappa shape index (κ1) is 22.6. The first-order valence-electron chi connectivity index (χ1n) is 8.86. The summed E-state index contributed by atoms with van der Waals surface area (Å²) in [6.07, 6.45) is 5.87. The molecule has 152 valence electrons. The molecule has 0 aromatic carbocycles. The van der Waals surface area contributed by atoms with Gasteiger partial charge in [0.15, 0.2) is 12.3 Å². The number of anilines is 1. The minimum absolute atomic E-state index is 0.0760. The molecule has 0 atom stereocenters. The molecular formula is C17H27FN4O2S3. The highest BCUT2D eigenvalue weighted by Gasteiger charge is 2.24. The van der Waals surface area contributed by atoms with E-state index in [1.54, 1.807) is 13.3 Å². The summed E-state index contributed by atoms with van der Waals surface area (Å²) < 4.78 is 25.5. The van der Waals surface area contributed by atoms with Crippen LogP contribution >= 0.6 is 35.0 Å². The SMILES string of the molecule is COCCOC1CCC(c2cc(N(SF)SS)[nH]ncc(C)c(C)n2)CC1. The Bertz CT molecular complexity index is 637. The van der Waals surface area contributed by atoms with Gasteiger partial charge in [0, 0.05) is 41.5 Å². The molecule has 1 N–H and O–H groups in total. The van der Waals surface area contributed by atoms with E-state index in [1.807, 2.05) is 19.9 Å². The van der Waals surface area contributed by atoms with Crippen molar-refractivity contribution in [3.63, 3.8) is 0 Å². The van der Waals surface area contributed by atoms with E-state index in [2.05, 4.69) is 21.9 Å².